The van der Waals surface area contributed by atoms with Crippen LogP contribution in [0.4, 0.5) is 5.69 Å². The van der Waals surface area contributed by atoms with E-state index in [1.807, 2.05) is 6.92 Å². The molecule has 2 aromatic carbocycles. The first-order valence-electron chi connectivity index (χ1n) is 13.3. The molecule has 212 valence electrons. The molecule has 0 spiro atoms. The lowest BCUT2D eigenvalue weighted by atomic mass is 9.94. The molecular weight excluding hydrogens is 522 g/mol. The fraction of sp³-hybridized carbons (Fsp3) is 0.258. The molecule has 0 radical (unpaired) electrons. The van der Waals surface area contributed by atoms with E-state index in [4.69, 9.17) is 20.6 Å². The summed E-state index contributed by atoms with van der Waals surface area (Å²) in [6.45, 7) is 6.41. The Morgan fingerprint density at radius 1 is 1.10 bits per heavy atom. The quantitative estimate of drug-likeness (QED) is 0.144. The number of esters is 1. The van der Waals surface area contributed by atoms with Gasteiger partial charge >= 0.3 is 5.97 Å². The van der Waals surface area contributed by atoms with Gasteiger partial charge in [-0.25, -0.2) is 9.78 Å². The van der Waals surface area contributed by atoms with E-state index in [9.17, 15) is 14.4 Å². The number of amidine groups is 1. The van der Waals surface area contributed by atoms with Crippen LogP contribution in [0.2, 0.25) is 0 Å². The van der Waals surface area contributed by atoms with Gasteiger partial charge in [-0.15, -0.1) is 0 Å². The van der Waals surface area contributed by atoms with Crippen LogP contribution < -0.4 is 21.1 Å². The fourth-order valence-corrected chi connectivity index (χ4v) is 4.15. The molecule has 1 saturated carbocycles. The number of amides is 2. The first kappa shape index (κ1) is 29.0. The van der Waals surface area contributed by atoms with Crippen LogP contribution in [0.1, 0.15) is 68.6 Å². The van der Waals surface area contributed by atoms with Gasteiger partial charge in [0.15, 0.2) is 5.69 Å². The fourth-order valence-electron chi connectivity index (χ4n) is 4.15. The molecule has 3 aromatic rings. The van der Waals surface area contributed by atoms with Gasteiger partial charge < -0.3 is 25.8 Å². The van der Waals surface area contributed by atoms with E-state index < -0.39 is 11.9 Å². The molecule has 1 aromatic heterocycles. The Labute approximate surface area is 238 Å². The van der Waals surface area contributed by atoms with Crippen molar-refractivity contribution in [1.82, 2.24) is 10.3 Å². The van der Waals surface area contributed by atoms with Crippen molar-refractivity contribution >= 4 is 35.4 Å². The minimum atomic E-state index is -0.711. The van der Waals surface area contributed by atoms with Gasteiger partial charge in [0.1, 0.15) is 17.3 Å². The molecule has 41 heavy (non-hydrogen) atoms. The van der Waals surface area contributed by atoms with Crippen molar-refractivity contribution in [3.8, 4) is 16.9 Å². The zero-order valence-corrected chi connectivity index (χ0v) is 23.1. The largest absolute Gasteiger partial charge is 0.496 e. The normalized spacial score (nSPS) is 12.2. The van der Waals surface area contributed by atoms with Crippen LogP contribution in [0.5, 0.6) is 5.75 Å². The van der Waals surface area contributed by atoms with Crippen LogP contribution >= 0.6 is 0 Å². The molecule has 1 aliphatic carbocycles. The van der Waals surface area contributed by atoms with E-state index in [0.29, 0.717) is 52.6 Å². The number of hydrogen-bond acceptors (Lipinski definition) is 7. The third-order valence-electron chi connectivity index (χ3n) is 6.59. The molecule has 10 nitrogen and oxygen atoms in total. The molecule has 0 aliphatic heterocycles. The Bertz CT molecular complexity index is 1500. The topological polar surface area (TPSA) is 156 Å². The summed E-state index contributed by atoms with van der Waals surface area (Å²) in [5.74, 6) is -0.758. The van der Waals surface area contributed by atoms with Gasteiger partial charge in [-0.3, -0.25) is 15.0 Å². The standard InChI is InChI=1S/C31H33N5O5/c1-4-14-41-31(39)27-22(12-13-25(36-27)30(38)34-17-18-6-7-18)23-16-26(40-3)19(5-2)15-24(23)29(37)35-21-10-8-20(9-11-21)28(32)33/h5,8-13,15-16,18H,2,4,6-7,14,17H2,1,3H3,(H3,32,33)(H,34,38)(H,35,37). The molecule has 10 heteroatoms. The number of nitrogens with one attached hydrogen (secondary N) is 3. The molecule has 0 unspecified atom stereocenters. The zero-order valence-electron chi connectivity index (χ0n) is 23.1. The van der Waals surface area contributed by atoms with Crippen molar-refractivity contribution in [1.29, 1.82) is 5.41 Å². The average Bonchev–Trinajstić information content (AvgIpc) is 3.82. The predicted octanol–water partition coefficient (Wildman–Crippen LogP) is 4.64. The third kappa shape index (κ3) is 6.96. The molecule has 1 heterocycles. The van der Waals surface area contributed by atoms with Crippen molar-refractivity contribution in [3.63, 3.8) is 0 Å². The number of carbonyl (C=O) groups excluding carboxylic acids is 3. The number of pyridine rings is 1. The molecular formula is C31H33N5O5. The van der Waals surface area contributed by atoms with E-state index in [1.54, 1.807) is 48.5 Å². The second-order valence-electron chi connectivity index (χ2n) is 9.67. The molecule has 0 bridgehead atoms. The highest BCUT2D eigenvalue weighted by atomic mass is 16.5. The van der Waals surface area contributed by atoms with E-state index >= 15 is 0 Å². The first-order chi connectivity index (χ1) is 19.7. The van der Waals surface area contributed by atoms with Crippen molar-refractivity contribution in [3.05, 3.63) is 83.2 Å². The number of rotatable bonds is 12. The van der Waals surface area contributed by atoms with Crippen molar-refractivity contribution in [2.24, 2.45) is 11.7 Å². The smallest absolute Gasteiger partial charge is 0.357 e. The number of nitrogen functional groups attached to an aromatic ring is 1. The van der Waals surface area contributed by atoms with Gasteiger partial charge in [0, 0.05) is 40.0 Å². The summed E-state index contributed by atoms with van der Waals surface area (Å²) < 4.78 is 10.9. The lowest BCUT2D eigenvalue weighted by molar-refractivity contribution is 0.0499. The van der Waals surface area contributed by atoms with E-state index in [2.05, 4.69) is 22.2 Å². The SMILES string of the molecule is C=Cc1cc(C(=O)Nc2ccc(C(=N)N)cc2)c(-c2ccc(C(=O)NCC3CC3)nc2C(=O)OCCC)cc1OC. The maximum absolute atomic E-state index is 13.6. The Hall–Kier alpha value is -4.99. The van der Waals surface area contributed by atoms with Gasteiger partial charge in [0.2, 0.25) is 0 Å². The Morgan fingerprint density at radius 2 is 1.83 bits per heavy atom. The van der Waals surface area contributed by atoms with Crippen molar-refractivity contribution in [2.45, 2.75) is 26.2 Å². The molecule has 0 saturated heterocycles. The number of aromatic nitrogens is 1. The minimum absolute atomic E-state index is 0.0732. The summed E-state index contributed by atoms with van der Waals surface area (Å²) in [6.07, 6.45) is 4.31. The molecule has 1 fully saturated rings. The maximum Gasteiger partial charge on any atom is 0.357 e. The highest BCUT2D eigenvalue weighted by Crippen LogP contribution is 2.35. The van der Waals surface area contributed by atoms with Gasteiger partial charge in [-0.1, -0.05) is 19.6 Å². The number of nitrogens with two attached hydrogens (primary N) is 1. The van der Waals surface area contributed by atoms with Crippen molar-refractivity contribution < 1.29 is 23.9 Å². The number of methoxy groups -OCH3 is 1. The summed E-state index contributed by atoms with van der Waals surface area (Å²) in [7, 11) is 1.49. The Kier molecular flexibility index (Phi) is 9.13. The number of nitrogens with zero attached hydrogens (tertiary/aromatic N) is 1. The monoisotopic (exact) mass is 555 g/mol. The van der Waals surface area contributed by atoms with Gasteiger partial charge in [-0.05, 0) is 73.7 Å². The minimum Gasteiger partial charge on any atom is -0.496 e. The number of ether oxygens (including phenoxy) is 2. The highest BCUT2D eigenvalue weighted by Gasteiger charge is 2.26. The van der Waals surface area contributed by atoms with E-state index in [1.165, 1.54) is 13.2 Å². The van der Waals surface area contributed by atoms with Crippen LogP contribution in [0.25, 0.3) is 17.2 Å². The van der Waals surface area contributed by atoms with E-state index in [0.717, 1.165) is 12.8 Å². The van der Waals surface area contributed by atoms with Crippen molar-refractivity contribution in [2.75, 3.05) is 25.6 Å². The molecule has 0 atom stereocenters. The second-order valence-corrected chi connectivity index (χ2v) is 9.67. The average molecular weight is 556 g/mol. The lowest BCUT2D eigenvalue weighted by Crippen LogP contribution is -2.27. The summed E-state index contributed by atoms with van der Waals surface area (Å²) in [6, 6.07) is 12.9. The molecule has 5 N–H and O–H groups in total. The number of anilines is 1. The Morgan fingerprint density at radius 3 is 2.44 bits per heavy atom. The van der Waals surface area contributed by atoms with Crippen LogP contribution in [0.3, 0.4) is 0 Å². The maximum atomic E-state index is 13.6. The van der Waals surface area contributed by atoms with Gasteiger partial charge in [0.05, 0.1) is 13.7 Å². The number of hydrogen-bond donors (Lipinski definition) is 4. The Balaban J connectivity index is 1.79. The second kappa shape index (κ2) is 12.9. The first-order valence-corrected chi connectivity index (χ1v) is 13.3. The van der Waals surface area contributed by atoms with Crippen LogP contribution in [0.15, 0.2) is 55.1 Å². The highest BCUT2D eigenvalue weighted by molar-refractivity contribution is 6.11. The molecule has 2 amide bonds. The molecule has 1 aliphatic rings. The zero-order chi connectivity index (χ0) is 29.5. The summed E-state index contributed by atoms with van der Waals surface area (Å²) in [4.78, 5) is 44.0. The van der Waals surface area contributed by atoms with Crippen LogP contribution in [-0.4, -0.2) is 48.9 Å². The van der Waals surface area contributed by atoms with Crippen LogP contribution in [0, 0.1) is 11.3 Å². The third-order valence-corrected chi connectivity index (χ3v) is 6.59. The van der Waals surface area contributed by atoms with Crippen LogP contribution in [-0.2, 0) is 4.74 Å². The predicted molar refractivity (Wildman–Crippen MR) is 157 cm³/mol. The van der Waals surface area contributed by atoms with Gasteiger partial charge in [0.25, 0.3) is 11.8 Å². The number of benzene rings is 2. The number of carbonyl (C=O) groups is 3. The summed E-state index contributed by atoms with van der Waals surface area (Å²) in [5.41, 5.74) is 7.95. The summed E-state index contributed by atoms with van der Waals surface area (Å²) >= 11 is 0. The lowest BCUT2D eigenvalue weighted by Gasteiger charge is -2.17. The van der Waals surface area contributed by atoms with E-state index in [-0.39, 0.29) is 35.3 Å². The summed E-state index contributed by atoms with van der Waals surface area (Å²) in [5, 5.41) is 13.3. The molecule has 4 rings (SSSR count). The van der Waals surface area contributed by atoms with Gasteiger partial charge in [-0.2, -0.15) is 0 Å².